The molecule has 0 aromatic rings. The van der Waals surface area contributed by atoms with E-state index >= 15 is 0 Å². The maximum absolute atomic E-state index is 13.7. The van der Waals surface area contributed by atoms with Crippen LogP contribution in [0.5, 0.6) is 0 Å². The number of ketones is 2. The van der Waals surface area contributed by atoms with Crippen molar-refractivity contribution in [1.29, 1.82) is 0 Å². The first-order valence-electron chi connectivity index (χ1n) is 14.7. The number of amides is 2. The van der Waals surface area contributed by atoms with Gasteiger partial charge in [-0.1, -0.05) is 38.2 Å². The third-order valence-electron chi connectivity index (χ3n) is 8.06. The highest BCUT2D eigenvalue weighted by Crippen LogP contribution is 2.31. The summed E-state index contributed by atoms with van der Waals surface area (Å²) in [5.41, 5.74) is 6.69. The lowest BCUT2D eigenvalue weighted by Crippen LogP contribution is -2.38. The molecule has 2 bridgehead atoms. The summed E-state index contributed by atoms with van der Waals surface area (Å²) in [5, 5.41) is 17.1. The van der Waals surface area contributed by atoms with Crippen molar-refractivity contribution < 1.29 is 38.5 Å². The fourth-order valence-corrected chi connectivity index (χ4v) is 5.35. The standard InChI is InChI=1S/C32H45N3O8/c1-17-12-22-27(34-16-21-10-11-21)24(36)15-23(29(22)38)35-31(39)18(2)8-7-9-25(41-5)30(43-32(33)40)20(4)14-19(3)28(37)26(13-17)42-6/h7-9,14-15,17,19,21,25-26,28,30,34,37H,10-13,16H2,1-6H3,(H2,33,40)(H,35,39)/b9-7-,18-8+,20-14+/t17-,19+,25?,26?,28-,30?/m1/s1. The minimum Gasteiger partial charge on any atom is -0.439 e. The summed E-state index contributed by atoms with van der Waals surface area (Å²) in [6, 6.07) is 0. The molecule has 1 fully saturated rings. The first kappa shape index (κ1) is 34.0. The number of methoxy groups -OCH3 is 2. The molecule has 0 spiro atoms. The minimum absolute atomic E-state index is 0.0923. The van der Waals surface area contributed by atoms with Gasteiger partial charge in [-0.25, -0.2) is 4.79 Å². The van der Waals surface area contributed by atoms with Gasteiger partial charge in [-0.05, 0) is 56.9 Å². The summed E-state index contributed by atoms with van der Waals surface area (Å²) in [6.45, 7) is 7.65. The number of nitrogens with two attached hydrogens (primary N) is 1. The van der Waals surface area contributed by atoms with Crippen molar-refractivity contribution in [3.63, 3.8) is 0 Å². The summed E-state index contributed by atoms with van der Waals surface area (Å²) in [4.78, 5) is 51.6. The number of hydrogen-bond acceptors (Lipinski definition) is 9. The van der Waals surface area contributed by atoms with E-state index in [1.165, 1.54) is 26.4 Å². The van der Waals surface area contributed by atoms with Gasteiger partial charge in [0.15, 0.2) is 6.10 Å². The van der Waals surface area contributed by atoms with Crippen molar-refractivity contribution in [1.82, 2.24) is 10.6 Å². The third-order valence-corrected chi connectivity index (χ3v) is 8.06. The summed E-state index contributed by atoms with van der Waals surface area (Å²) >= 11 is 0. The van der Waals surface area contributed by atoms with Crippen LogP contribution in [0.4, 0.5) is 4.79 Å². The van der Waals surface area contributed by atoms with Gasteiger partial charge in [-0.15, -0.1) is 0 Å². The molecule has 1 heterocycles. The van der Waals surface area contributed by atoms with Crippen LogP contribution in [0.25, 0.3) is 0 Å². The number of primary amides is 1. The second-order valence-corrected chi connectivity index (χ2v) is 11.8. The fourth-order valence-electron chi connectivity index (χ4n) is 5.35. The van der Waals surface area contributed by atoms with Crippen LogP contribution in [0.1, 0.15) is 53.4 Å². The van der Waals surface area contributed by atoms with E-state index < -0.39 is 48.1 Å². The van der Waals surface area contributed by atoms with Gasteiger partial charge in [-0.3, -0.25) is 14.4 Å². The summed E-state index contributed by atoms with van der Waals surface area (Å²) < 4.78 is 16.6. The lowest BCUT2D eigenvalue weighted by atomic mass is 9.85. The van der Waals surface area contributed by atoms with E-state index in [0.717, 1.165) is 12.8 Å². The van der Waals surface area contributed by atoms with E-state index in [4.69, 9.17) is 19.9 Å². The van der Waals surface area contributed by atoms with Crippen LogP contribution >= 0.6 is 0 Å². The van der Waals surface area contributed by atoms with Crippen LogP contribution in [0.3, 0.4) is 0 Å². The van der Waals surface area contributed by atoms with Crippen molar-refractivity contribution >= 4 is 23.6 Å². The Labute approximate surface area is 253 Å². The Hall–Kier alpha value is -3.54. The van der Waals surface area contributed by atoms with Crippen LogP contribution in [-0.4, -0.2) is 73.9 Å². The number of aliphatic hydroxyl groups excluding tert-OH is 1. The van der Waals surface area contributed by atoms with E-state index in [9.17, 15) is 24.3 Å². The monoisotopic (exact) mass is 599 g/mol. The molecule has 0 aromatic carbocycles. The highest BCUT2D eigenvalue weighted by molar-refractivity contribution is 6.23. The number of nitrogens with one attached hydrogen (secondary N) is 2. The van der Waals surface area contributed by atoms with E-state index in [1.807, 2.05) is 13.8 Å². The number of ether oxygens (including phenoxy) is 3. The van der Waals surface area contributed by atoms with Gasteiger partial charge in [0.1, 0.15) is 6.10 Å². The Morgan fingerprint density at radius 2 is 1.84 bits per heavy atom. The van der Waals surface area contributed by atoms with Gasteiger partial charge in [-0.2, -0.15) is 0 Å². The SMILES string of the molecule is COC1/C=C\C=C(/C)C(=O)NC2=CC(=O)C(NCC3CC3)=C(C[C@@H](C)CC(OC)[C@H](O)[C@@H](C)/C=C(\C)C1OC(N)=O)C2=O. The van der Waals surface area contributed by atoms with Crippen molar-refractivity contribution in [2.24, 2.45) is 23.5 Å². The molecule has 236 valence electrons. The van der Waals surface area contributed by atoms with Gasteiger partial charge in [0.05, 0.1) is 23.6 Å². The largest absolute Gasteiger partial charge is 0.439 e. The Balaban J connectivity index is 2.04. The van der Waals surface area contributed by atoms with E-state index in [0.29, 0.717) is 30.0 Å². The maximum Gasteiger partial charge on any atom is 0.405 e. The first-order valence-corrected chi connectivity index (χ1v) is 14.7. The highest BCUT2D eigenvalue weighted by Gasteiger charge is 2.34. The molecular weight excluding hydrogens is 554 g/mol. The zero-order valence-electron chi connectivity index (χ0n) is 25.8. The molecule has 6 atom stereocenters. The van der Waals surface area contributed by atoms with Crippen LogP contribution in [0.2, 0.25) is 0 Å². The Kier molecular flexibility index (Phi) is 12.1. The summed E-state index contributed by atoms with van der Waals surface area (Å²) in [5.74, 6) is -1.47. The molecule has 1 saturated carbocycles. The van der Waals surface area contributed by atoms with Gasteiger partial charge in [0.2, 0.25) is 11.6 Å². The maximum atomic E-state index is 13.7. The Morgan fingerprint density at radius 1 is 1.14 bits per heavy atom. The zero-order chi connectivity index (χ0) is 31.8. The lowest BCUT2D eigenvalue weighted by Gasteiger charge is -2.30. The van der Waals surface area contributed by atoms with Gasteiger partial charge >= 0.3 is 6.09 Å². The summed E-state index contributed by atoms with van der Waals surface area (Å²) in [6.07, 6.45) is 6.18. The molecule has 11 nitrogen and oxygen atoms in total. The van der Waals surface area contributed by atoms with Crippen LogP contribution in [-0.2, 0) is 28.6 Å². The molecule has 2 amide bonds. The minimum atomic E-state index is -0.992. The number of Topliss-reactive ketones (excluding diaryl/α,β-unsaturated/α-hetero) is 1. The van der Waals surface area contributed by atoms with E-state index in [-0.39, 0.29) is 35.1 Å². The van der Waals surface area contributed by atoms with E-state index in [2.05, 4.69) is 10.6 Å². The molecule has 3 rings (SSSR count). The molecule has 3 unspecified atom stereocenters. The fraction of sp³-hybridized carbons (Fsp3) is 0.562. The van der Waals surface area contributed by atoms with Gasteiger partial charge < -0.3 is 35.7 Å². The molecule has 1 aliphatic heterocycles. The number of carbonyl (C=O) groups is 4. The number of carbonyl (C=O) groups excluding carboxylic acids is 4. The van der Waals surface area contributed by atoms with Crippen molar-refractivity contribution in [3.05, 3.63) is 58.5 Å². The summed E-state index contributed by atoms with van der Waals surface area (Å²) in [7, 11) is 2.95. The predicted molar refractivity (Wildman–Crippen MR) is 160 cm³/mol. The molecule has 0 radical (unpaired) electrons. The predicted octanol–water partition coefficient (Wildman–Crippen LogP) is 2.76. The average molecular weight is 600 g/mol. The normalized spacial score (nSPS) is 33.0. The second-order valence-electron chi connectivity index (χ2n) is 11.8. The Morgan fingerprint density at radius 3 is 2.44 bits per heavy atom. The molecule has 5 N–H and O–H groups in total. The quantitative estimate of drug-likeness (QED) is 0.265. The number of allylic oxidation sites excluding steroid dienone is 4. The van der Waals surface area contributed by atoms with Crippen LogP contribution in [0, 0.1) is 17.8 Å². The second kappa shape index (κ2) is 15.3. The first-order chi connectivity index (χ1) is 20.4. The van der Waals surface area contributed by atoms with E-state index in [1.54, 1.807) is 32.1 Å². The van der Waals surface area contributed by atoms with Gasteiger partial charge in [0.25, 0.3) is 5.91 Å². The molecular formula is C32H45N3O8. The number of fused-ring (bicyclic) bond motifs is 2. The average Bonchev–Trinajstić information content (AvgIpc) is 3.78. The molecule has 0 aromatic heterocycles. The number of rotatable bonds is 6. The number of aliphatic hydroxyl groups is 1. The topological polar surface area (TPSA) is 166 Å². The highest BCUT2D eigenvalue weighted by atomic mass is 16.6. The van der Waals surface area contributed by atoms with Gasteiger partial charge in [0, 0.05) is 43.9 Å². The smallest absolute Gasteiger partial charge is 0.405 e. The Bertz CT molecular complexity index is 1240. The van der Waals surface area contributed by atoms with Crippen molar-refractivity contribution in [2.75, 3.05) is 20.8 Å². The molecule has 3 aliphatic rings. The molecule has 2 aliphatic carbocycles. The van der Waals surface area contributed by atoms with Crippen LogP contribution < -0.4 is 16.4 Å². The number of hydrogen-bond donors (Lipinski definition) is 4. The molecule has 11 heteroatoms. The zero-order valence-corrected chi connectivity index (χ0v) is 25.8. The van der Waals surface area contributed by atoms with Crippen molar-refractivity contribution in [2.45, 2.75) is 77.8 Å². The van der Waals surface area contributed by atoms with Crippen molar-refractivity contribution in [3.8, 4) is 0 Å². The van der Waals surface area contributed by atoms with Crippen LogP contribution in [0.15, 0.2) is 58.5 Å². The molecule has 43 heavy (non-hydrogen) atoms. The lowest BCUT2D eigenvalue weighted by molar-refractivity contribution is -0.120. The third kappa shape index (κ3) is 9.22. The molecule has 0 saturated heterocycles.